The molecule has 0 aromatic heterocycles. The van der Waals surface area contributed by atoms with Gasteiger partial charge >= 0.3 is 0 Å². The summed E-state index contributed by atoms with van der Waals surface area (Å²) in [6, 6.07) is 4.07. The van der Waals surface area contributed by atoms with Gasteiger partial charge in [-0.3, -0.25) is 0 Å². The second-order valence-corrected chi connectivity index (χ2v) is 4.77. The summed E-state index contributed by atoms with van der Waals surface area (Å²) in [7, 11) is -2.32. The second kappa shape index (κ2) is 4.13. The Hall–Kier alpha value is -1.18. The molecule has 1 aromatic carbocycles. The van der Waals surface area contributed by atoms with Gasteiger partial charge in [0, 0.05) is 0 Å². The van der Waals surface area contributed by atoms with Crippen LogP contribution < -0.4 is 15.6 Å². The normalized spacial score (nSPS) is 11.1. The molecule has 7 heteroatoms. The molecule has 0 aliphatic rings. The zero-order valence-electron chi connectivity index (χ0n) is 7.93. The minimum Gasteiger partial charge on any atom is -0.496 e. The Morgan fingerprint density at radius 1 is 1.47 bits per heavy atom. The maximum absolute atomic E-state index is 11.1. The summed E-state index contributed by atoms with van der Waals surface area (Å²) in [5.41, 5.74) is 5.76. The molecule has 82 valence electrons. The van der Waals surface area contributed by atoms with Crippen molar-refractivity contribution in [2.75, 3.05) is 7.11 Å². The molecule has 1 aromatic rings. The number of sulfonamides is 1. The van der Waals surface area contributed by atoms with E-state index >= 15 is 0 Å². The minimum absolute atomic E-state index is 0.0499. The van der Waals surface area contributed by atoms with E-state index in [1.807, 2.05) is 0 Å². The van der Waals surface area contributed by atoms with Gasteiger partial charge in [0.25, 0.3) is 0 Å². The second-order valence-electron chi connectivity index (χ2n) is 2.77. The molecule has 5 nitrogen and oxygen atoms in total. The van der Waals surface area contributed by atoms with Crippen molar-refractivity contribution >= 4 is 27.2 Å². The number of rotatable bonds is 3. The van der Waals surface area contributed by atoms with Gasteiger partial charge in [-0.1, -0.05) is 12.2 Å². The lowest BCUT2D eigenvalue weighted by molar-refractivity contribution is 0.413. The van der Waals surface area contributed by atoms with E-state index in [4.69, 9.17) is 27.8 Å². The average Bonchev–Trinajstić information content (AvgIpc) is 2.15. The van der Waals surface area contributed by atoms with Gasteiger partial charge in [-0.2, -0.15) is 0 Å². The molecular weight excluding hydrogens is 236 g/mol. The van der Waals surface area contributed by atoms with Crippen LogP contribution in [0.3, 0.4) is 0 Å². The number of methoxy groups -OCH3 is 1. The Morgan fingerprint density at radius 2 is 2.07 bits per heavy atom. The molecule has 0 bridgehead atoms. The monoisotopic (exact) mass is 246 g/mol. The molecule has 0 atom stereocenters. The van der Waals surface area contributed by atoms with Crippen molar-refractivity contribution in [3.63, 3.8) is 0 Å². The van der Waals surface area contributed by atoms with E-state index in [1.54, 1.807) is 0 Å². The van der Waals surface area contributed by atoms with Crippen LogP contribution in [0, 0.1) is 0 Å². The SMILES string of the molecule is COc1ccc(S(N)(=O)=O)cc1C(N)=S. The van der Waals surface area contributed by atoms with Crippen LogP contribution in [0.1, 0.15) is 5.56 Å². The molecule has 0 aliphatic carbocycles. The first kappa shape index (κ1) is 11.9. The first-order valence-corrected chi connectivity index (χ1v) is 5.82. The van der Waals surface area contributed by atoms with Crippen molar-refractivity contribution in [1.82, 2.24) is 0 Å². The van der Waals surface area contributed by atoms with Gasteiger partial charge in [-0.05, 0) is 18.2 Å². The quantitative estimate of drug-likeness (QED) is 0.731. The first-order chi connectivity index (χ1) is 6.86. The van der Waals surface area contributed by atoms with E-state index in [1.165, 1.54) is 25.3 Å². The highest BCUT2D eigenvalue weighted by molar-refractivity contribution is 7.89. The van der Waals surface area contributed by atoms with Gasteiger partial charge in [0.05, 0.1) is 17.6 Å². The van der Waals surface area contributed by atoms with Crippen LogP contribution in [0.25, 0.3) is 0 Å². The van der Waals surface area contributed by atoms with E-state index in [0.717, 1.165) is 0 Å². The Balaban J connectivity index is 3.42. The van der Waals surface area contributed by atoms with E-state index in [0.29, 0.717) is 11.3 Å². The third-order valence-electron chi connectivity index (χ3n) is 1.76. The highest BCUT2D eigenvalue weighted by Gasteiger charge is 2.13. The summed E-state index contributed by atoms with van der Waals surface area (Å²) < 4.78 is 27.1. The van der Waals surface area contributed by atoms with E-state index < -0.39 is 10.0 Å². The Labute approximate surface area is 93.1 Å². The molecule has 0 fully saturated rings. The Kier molecular flexibility index (Phi) is 3.28. The summed E-state index contributed by atoms with van der Waals surface area (Å²) in [5.74, 6) is 0.412. The van der Waals surface area contributed by atoms with Gasteiger partial charge in [-0.25, -0.2) is 13.6 Å². The number of ether oxygens (including phenoxy) is 1. The van der Waals surface area contributed by atoms with Crippen LogP contribution in [0.4, 0.5) is 0 Å². The van der Waals surface area contributed by atoms with Gasteiger partial charge in [-0.15, -0.1) is 0 Å². The highest BCUT2D eigenvalue weighted by atomic mass is 32.2. The summed E-state index contributed by atoms with van der Waals surface area (Å²) in [6.07, 6.45) is 0. The molecule has 0 saturated heterocycles. The summed E-state index contributed by atoms with van der Waals surface area (Å²) in [5, 5.41) is 4.96. The third kappa shape index (κ3) is 2.65. The molecule has 4 N–H and O–H groups in total. The molecule has 1 rings (SSSR count). The predicted octanol–water partition coefficient (Wildman–Crippen LogP) is -0.0232. The number of hydrogen-bond donors (Lipinski definition) is 2. The third-order valence-corrected chi connectivity index (χ3v) is 2.90. The van der Waals surface area contributed by atoms with Crippen molar-refractivity contribution in [2.24, 2.45) is 10.9 Å². The molecule has 0 heterocycles. The lowest BCUT2D eigenvalue weighted by atomic mass is 10.2. The smallest absolute Gasteiger partial charge is 0.238 e. The summed E-state index contributed by atoms with van der Waals surface area (Å²) >= 11 is 4.76. The van der Waals surface area contributed by atoms with Crippen LogP contribution >= 0.6 is 12.2 Å². The summed E-state index contributed by atoms with van der Waals surface area (Å²) in [4.78, 5) is 0.00319. The van der Waals surface area contributed by atoms with Crippen molar-refractivity contribution in [3.05, 3.63) is 23.8 Å². The Bertz CT molecular complexity index is 497. The molecule has 0 saturated carbocycles. The molecule has 0 aliphatic heterocycles. The molecule has 0 unspecified atom stereocenters. The van der Waals surface area contributed by atoms with Gasteiger partial charge in [0.2, 0.25) is 10.0 Å². The maximum Gasteiger partial charge on any atom is 0.238 e. The molecule has 0 amide bonds. The van der Waals surface area contributed by atoms with Gasteiger partial charge in [0.15, 0.2) is 0 Å². The van der Waals surface area contributed by atoms with Crippen LogP contribution in [-0.4, -0.2) is 20.5 Å². The predicted molar refractivity (Wildman–Crippen MR) is 60.3 cm³/mol. The maximum atomic E-state index is 11.1. The summed E-state index contributed by atoms with van der Waals surface area (Å²) in [6.45, 7) is 0. The number of thiocarbonyl (C=S) groups is 1. The van der Waals surface area contributed by atoms with E-state index in [2.05, 4.69) is 0 Å². The first-order valence-electron chi connectivity index (χ1n) is 3.87. The van der Waals surface area contributed by atoms with Crippen LogP contribution in [-0.2, 0) is 10.0 Å². The zero-order chi connectivity index (χ0) is 11.6. The number of hydrogen-bond acceptors (Lipinski definition) is 4. The molecule has 15 heavy (non-hydrogen) atoms. The molecular formula is C8H10N2O3S2. The minimum atomic E-state index is -3.75. The fourth-order valence-electron chi connectivity index (χ4n) is 1.06. The fraction of sp³-hybridized carbons (Fsp3) is 0.125. The van der Waals surface area contributed by atoms with Crippen molar-refractivity contribution in [2.45, 2.75) is 4.90 Å². The van der Waals surface area contributed by atoms with Gasteiger partial charge < -0.3 is 10.5 Å². The van der Waals surface area contributed by atoms with Crippen LogP contribution in [0.5, 0.6) is 5.75 Å². The number of nitrogens with two attached hydrogens (primary N) is 2. The van der Waals surface area contributed by atoms with Crippen LogP contribution in [0.15, 0.2) is 23.1 Å². The van der Waals surface area contributed by atoms with Crippen molar-refractivity contribution < 1.29 is 13.2 Å². The molecule has 0 spiro atoms. The topological polar surface area (TPSA) is 95.4 Å². The number of benzene rings is 1. The largest absolute Gasteiger partial charge is 0.496 e. The fourth-order valence-corrected chi connectivity index (χ4v) is 1.76. The lowest BCUT2D eigenvalue weighted by Crippen LogP contribution is -2.15. The lowest BCUT2D eigenvalue weighted by Gasteiger charge is -2.08. The van der Waals surface area contributed by atoms with E-state index in [9.17, 15) is 8.42 Å². The zero-order valence-corrected chi connectivity index (χ0v) is 9.56. The van der Waals surface area contributed by atoms with Crippen molar-refractivity contribution in [3.8, 4) is 5.75 Å². The average molecular weight is 246 g/mol. The highest BCUT2D eigenvalue weighted by Crippen LogP contribution is 2.21. The van der Waals surface area contributed by atoms with Crippen LogP contribution in [0.2, 0.25) is 0 Å². The standard InChI is InChI=1S/C8H10N2O3S2/c1-13-7-3-2-5(15(10,11)12)4-6(7)8(9)14/h2-4H,1H3,(H2,9,14)(H2,10,11,12). The van der Waals surface area contributed by atoms with Crippen molar-refractivity contribution in [1.29, 1.82) is 0 Å². The van der Waals surface area contributed by atoms with Gasteiger partial charge in [0.1, 0.15) is 10.7 Å². The van der Waals surface area contributed by atoms with E-state index in [-0.39, 0.29) is 9.88 Å². The number of primary sulfonamides is 1. The Morgan fingerprint density at radius 3 is 2.47 bits per heavy atom. The molecule has 0 radical (unpaired) electrons.